The highest BCUT2D eigenvalue weighted by Crippen LogP contribution is 2.32. The summed E-state index contributed by atoms with van der Waals surface area (Å²) in [6.45, 7) is 2.76. The number of ether oxygens (including phenoxy) is 1. The topological polar surface area (TPSA) is 50.4 Å². The van der Waals surface area contributed by atoms with Gasteiger partial charge in [0.1, 0.15) is 5.82 Å². The second-order valence-corrected chi connectivity index (χ2v) is 7.12. The molecule has 23 heavy (non-hydrogen) atoms. The van der Waals surface area contributed by atoms with Crippen molar-refractivity contribution in [3.63, 3.8) is 0 Å². The molecule has 1 aromatic carbocycles. The van der Waals surface area contributed by atoms with Gasteiger partial charge in [0.25, 0.3) is 0 Å². The molecule has 2 rings (SSSR count). The van der Waals surface area contributed by atoms with Crippen LogP contribution < -0.4 is 10.6 Å². The van der Waals surface area contributed by atoms with Crippen molar-refractivity contribution in [3.8, 4) is 0 Å². The van der Waals surface area contributed by atoms with E-state index in [-0.39, 0.29) is 16.6 Å². The molecule has 0 radical (unpaired) electrons. The fraction of sp³-hybridized carbons (Fsp3) is 0.588. The lowest BCUT2D eigenvalue weighted by molar-refractivity contribution is 0.0777. The molecule has 1 fully saturated rings. The number of hydrogen-bond donors (Lipinski definition) is 2. The van der Waals surface area contributed by atoms with Crippen LogP contribution in [0.15, 0.2) is 24.3 Å². The maximum Gasteiger partial charge on any atom is 0.314 e. The molecule has 4 nitrogen and oxygen atoms in total. The monoisotopic (exact) mass is 340 g/mol. The fourth-order valence-electron chi connectivity index (χ4n) is 2.69. The fourth-order valence-corrected chi connectivity index (χ4v) is 3.48. The Morgan fingerprint density at radius 2 is 2.13 bits per heavy atom. The highest BCUT2D eigenvalue weighted by Gasteiger charge is 2.31. The van der Waals surface area contributed by atoms with Crippen LogP contribution in [0.1, 0.15) is 24.8 Å². The van der Waals surface area contributed by atoms with E-state index in [1.54, 1.807) is 17.8 Å². The Labute approximate surface area is 141 Å². The van der Waals surface area contributed by atoms with Crippen LogP contribution in [0, 0.1) is 5.82 Å². The molecular formula is C17H25FN2O2S. The Hall–Kier alpha value is -1.27. The van der Waals surface area contributed by atoms with Crippen LogP contribution in [0.4, 0.5) is 9.18 Å². The number of nitrogens with one attached hydrogen (secondary N) is 2. The minimum absolute atomic E-state index is 0.0944. The molecule has 0 atom stereocenters. The first kappa shape index (κ1) is 18.1. The third-order valence-electron chi connectivity index (χ3n) is 4.22. The largest absolute Gasteiger partial charge is 0.381 e. The molecule has 6 heteroatoms. The van der Waals surface area contributed by atoms with Crippen LogP contribution in [-0.4, -0.2) is 43.3 Å². The summed E-state index contributed by atoms with van der Waals surface area (Å²) in [5.74, 6) is -0.216. The molecular weight excluding hydrogens is 315 g/mol. The summed E-state index contributed by atoms with van der Waals surface area (Å²) in [5.41, 5.74) is 0.954. The number of benzene rings is 1. The van der Waals surface area contributed by atoms with Crippen LogP contribution in [0.5, 0.6) is 0 Å². The van der Waals surface area contributed by atoms with Crippen molar-refractivity contribution in [2.45, 2.75) is 30.4 Å². The van der Waals surface area contributed by atoms with Crippen LogP contribution >= 0.6 is 11.8 Å². The number of thioether (sulfide) groups is 1. The Bertz CT molecular complexity index is 507. The molecule has 2 N–H and O–H groups in total. The van der Waals surface area contributed by atoms with E-state index in [1.807, 2.05) is 6.07 Å². The molecule has 1 aromatic rings. The van der Waals surface area contributed by atoms with Gasteiger partial charge in [-0.2, -0.15) is 11.8 Å². The summed E-state index contributed by atoms with van der Waals surface area (Å²) in [4.78, 5) is 11.9. The van der Waals surface area contributed by atoms with Gasteiger partial charge in [-0.3, -0.25) is 0 Å². The lowest BCUT2D eigenvalue weighted by atomic mass is 9.99. The highest BCUT2D eigenvalue weighted by atomic mass is 32.2. The molecule has 0 bridgehead atoms. The average molecular weight is 340 g/mol. The van der Waals surface area contributed by atoms with Crippen LogP contribution in [0.25, 0.3) is 0 Å². The van der Waals surface area contributed by atoms with Crippen molar-refractivity contribution in [3.05, 3.63) is 35.6 Å². The molecule has 1 saturated heterocycles. The van der Waals surface area contributed by atoms with Crippen molar-refractivity contribution in [1.82, 2.24) is 10.6 Å². The van der Waals surface area contributed by atoms with Crippen LogP contribution in [0.2, 0.25) is 0 Å². The zero-order chi connectivity index (χ0) is 16.5. The first-order valence-electron chi connectivity index (χ1n) is 8.03. The first-order chi connectivity index (χ1) is 11.1. The van der Waals surface area contributed by atoms with E-state index < -0.39 is 0 Å². The number of carbonyl (C=O) groups is 1. The van der Waals surface area contributed by atoms with Gasteiger partial charge in [0, 0.05) is 31.1 Å². The van der Waals surface area contributed by atoms with E-state index in [0.29, 0.717) is 13.1 Å². The number of aryl methyl sites for hydroxylation is 1. The van der Waals surface area contributed by atoms with Crippen LogP contribution in [-0.2, 0) is 11.2 Å². The van der Waals surface area contributed by atoms with Gasteiger partial charge in [0.2, 0.25) is 0 Å². The smallest absolute Gasteiger partial charge is 0.314 e. The van der Waals surface area contributed by atoms with E-state index in [0.717, 1.165) is 44.5 Å². The Kier molecular flexibility index (Phi) is 7.17. The van der Waals surface area contributed by atoms with Gasteiger partial charge < -0.3 is 15.4 Å². The standard InChI is InChI=1S/C17H25FN2O2S/c1-23-17(7-10-22-11-8-17)13-20-16(21)19-9-3-5-14-4-2-6-15(18)12-14/h2,4,6,12H,3,5,7-11,13H2,1H3,(H2,19,20,21). The van der Waals surface area contributed by atoms with Crippen molar-refractivity contribution < 1.29 is 13.9 Å². The summed E-state index contributed by atoms with van der Waals surface area (Å²) in [5, 5.41) is 5.83. The molecule has 128 valence electrons. The molecule has 0 spiro atoms. The second-order valence-electron chi connectivity index (χ2n) is 5.84. The summed E-state index contributed by atoms with van der Waals surface area (Å²) in [6, 6.07) is 6.45. The molecule has 0 saturated carbocycles. The summed E-state index contributed by atoms with van der Waals surface area (Å²) >= 11 is 1.80. The van der Waals surface area contributed by atoms with E-state index in [1.165, 1.54) is 12.1 Å². The third kappa shape index (κ3) is 6.03. The lowest BCUT2D eigenvalue weighted by Crippen LogP contribution is -2.47. The maximum atomic E-state index is 13.1. The second kappa shape index (κ2) is 9.13. The van der Waals surface area contributed by atoms with Crippen molar-refractivity contribution in [2.75, 3.05) is 32.6 Å². The number of carbonyl (C=O) groups excluding carboxylic acids is 1. The van der Waals surface area contributed by atoms with E-state index >= 15 is 0 Å². The SMILES string of the molecule is CSC1(CNC(=O)NCCCc2cccc(F)c2)CCOCC1. The zero-order valence-corrected chi connectivity index (χ0v) is 14.4. The quantitative estimate of drug-likeness (QED) is 0.750. The average Bonchev–Trinajstić information content (AvgIpc) is 2.58. The number of halogens is 1. The van der Waals surface area contributed by atoms with E-state index in [9.17, 15) is 9.18 Å². The van der Waals surface area contributed by atoms with Gasteiger partial charge in [0.15, 0.2) is 0 Å². The number of urea groups is 1. The van der Waals surface area contributed by atoms with E-state index in [4.69, 9.17) is 4.74 Å². The minimum Gasteiger partial charge on any atom is -0.381 e. The Morgan fingerprint density at radius 1 is 1.35 bits per heavy atom. The lowest BCUT2D eigenvalue weighted by Gasteiger charge is -2.35. The van der Waals surface area contributed by atoms with Gasteiger partial charge in [-0.25, -0.2) is 9.18 Å². The molecule has 0 unspecified atom stereocenters. The molecule has 0 aliphatic carbocycles. The first-order valence-corrected chi connectivity index (χ1v) is 9.25. The van der Waals surface area contributed by atoms with Crippen LogP contribution in [0.3, 0.4) is 0 Å². The highest BCUT2D eigenvalue weighted by molar-refractivity contribution is 8.00. The predicted octanol–water partition coefficient (Wildman–Crippen LogP) is 2.97. The van der Waals surface area contributed by atoms with Gasteiger partial charge >= 0.3 is 6.03 Å². The normalized spacial score (nSPS) is 16.8. The number of rotatable bonds is 7. The molecule has 1 heterocycles. The predicted molar refractivity (Wildman–Crippen MR) is 92.4 cm³/mol. The van der Waals surface area contributed by atoms with Gasteiger partial charge in [-0.15, -0.1) is 0 Å². The third-order valence-corrected chi connectivity index (χ3v) is 5.64. The van der Waals surface area contributed by atoms with Crippen molar-refractivity contribution >= 4 is 17.8 Å². The molecule has 1 aliphatic rings. The molecule has 1 aliphatic heterocycles. The van der Waals surface area contributed by atoms with E-state index in [2.05, 4.69) is 16.9 Å². The minimum atomic E-state index is -0.216. The van der Waals surface area contributed by atoms with Crippen molar-refractivity contribution in [1.29, 1.82) is 0 Å². The van der Waals surface area contributed by atoms with Gasteiger partial charge in [-0.1, -0.05) is 12.1 Å². The molecule has 0 aromatic heterocycles. The van der Waals surface area contributed by atoms with Gasteiger partial charge in [0.05, 0.1) is 0 Å². The summed E-state index contributed by atoms with van der Waals surface area (Å²) in [7, 11) is 0. The Morgan fingerprint density at radius 3 is 2.83 bits per heavy atom. The molecule has 2 amide bonds. The Balaban J connectivity index is 1.63. The number of amides is 2. The summed E-state index contributed by atoms with van der Waals surface area (Å²) in [6.07, 6.45) is 5.56. The number of hydrogen-bond acceptors (Lipinski definition) is 3. The van der Waals surface area contributed by atoms with Gasteiger partial charge in [-0.05, 0) is 49.6 Å². The summed E-state index contributed by atoms with van der Waals surface area (Å²) < 4.78 is 18.6. The van der Waals surface area contributed by atoms with Crippen molar-refractivity contribution in [2.24, 2.45) is 0 Å². The zero-order valence-electron chi connectivity index (χ0n) is 13.6. The maximum absolute atomic E-state index is 13.1.